The molecule has 0 bridgehead atoms. The van der Waals surface area contributed by atoms with Crippen molar-refractivity contribution in [3.63, 3.8) is 0 Å². The van der Waals surface area contributed by atoms with Crippen LogP contribution in [0.25, 0.3) is 11.2 Å². The Morgan fingerprint density at radius 3 is 2.81 bits per heavy atom. The van der Waals surface area contributed by atoms with Crippen LogP contribution < -0.4 is 10.3 Å². The number of fused-ring (bicyclic) bond motifs is 1. The van der Waals surface area contributed by atoms with Gasteiger partial charge >= 0.3 is 0 Å². The van der Waals surface area contributed by atoms with Crippen LogP contribution in [0.2, 0.25) is 0 Å². The fourth-order valence-corrected chi connectivity index (χ4v) is 3.82. The van der Waals surface area contributed by atoms with E-state index in [0.717, 1.165) is 5.56 Å². The number of aromatic nitrogens is 6. The molecule has 1 aliphatic rings. The largest absolute Gasteiger partial charge is 0.461 e. The van der Waals surface area contributed by atoms with Crippen molar-refractivity contribution in [2.45, 2.75) is 38.3 Å². The summed E-state index contributed by atoms with van der Waals surface area (Å²) in [6.45, 7) is 1.90. The predicted molar refractivity (Wildman–Crippen MR) is 110 cm³/mol. The molecule has 1 unspecified atom stereocenters. The summed E-state index contributed by atoms with van der Waals surface area (Å²) in [5, 5.41) is 4.09. The summed E-state index contributed by atoms with van der Waals surface area (Å²) in [5.74, 6) is 1.29. The van der Waals surface area contributed by atoms with Crippen molar-refractivity contribution in [3.8, 4) is 5.75 Å². The van der Waals surface area contributed by atoms with Crippen molar-refractivity contribution in [2.75, 3.05) is 6.61 Å². The number of imidazole rings is 1. The van der Waals surface area contributed by atoms with Crippen LogP contribution in [-0.4, -0.2) is 42.2 Å². The average molecular weight is 440 g/mol. The summed E-state index contributed by atoms with van der Waals surface area (Å²) in [4.78, 5) is 25.4. The highest BCUT2D eigenvalue weighted by atomic mass is 19.1. The Kier molecular flexibility index (Phi) is 5.17. The normalized spacial score (nSPS) is 19.5. The molecule has 1 saturated heterocycles. The number of aryl methyl sites for hydroxylation is 1. The summed E-state index contributed by atoms with van der Waals surface area (Å²) in [6.07, 6.45) is 2.16. The summed E-state index contributed by atoms with van der Waals surface area (Å²) in [6, 6.07) is 7.17. The maximum Gasteiger partial charge on any atom is 0.280 e. The van der Waals surface area contributed by atoms with Crippen LogP contribution in [0, 0.1) is 0 Å². The maximum absolute atomic E-state index is 13.0. The summed E-state index contributed by atoms with van der Waals surface area (Å²) < 4.78 is 32.3. The second kappa shape index (κ2) is 8.15. The number of rotatable bonds is 6. The standard InChI is InChI=1S/C21H21FN6O4/c1-12(22)31-15-5-3-13(4-6-15)16-7-14(9-30-16)19-25-17(32-26-19)8-28-11-24-20-18(21(28)29)27(2)10-23-20/h3-6,10-12,14,16H,7-9H2,1-2H3/t12?,14-,16+/m0/s1. The number of ether oxygens (including phenoxy) is 2. The molecule has 1 fully saturated rings. The van der Waals surface area contributed by atoms with Crippen molar-refractivity contribution >= 4 is 11.2 Å². The number of benzene rings is 1. The van der Waals surface area contributed by atoms with E-state index in [1.54, 1.807) is 30.1 Å². The Hall–Kier alpha value is -3.60. The minimum atomic E-state index is -1.36. The van der Waals surface area contributed by atoms with Crippen LogP contribution >= 0.6 is 0 Å². The highest BCUT2D eigenvalue weighted by Gasteiger charge is 2.31. The third-order valence-corrected chi connectivity index (χ3v) is 5.40. The van der Waals surface area contributed by atoms with Gasteiger partial charge in [-0.05, 0) is 24.1 Å². The molecule has 3 aromatic heterocycles. The molecule has 0 N–H and O–H groups in total. The van der Waals surface area contributed by atoms with E-state index in [4.69, 9.17) is 14.0 Å². The van der Waals surface area contributed by atoms with Crippen LogP contribution in [-0.2, 0) is 18.3 Å². The first-order chi connectivity index (χ1) is 15.5. The van der Waals surface area contributed by atoms with Crippen LogP contribution in [0.3, 0.4) is 0 Å². The van der Waals surface area contributed by atoms with Gasteiger partial charge in [-0.2, -0.15) is 4.98 Å². The minimum Gasteiger partial charge on any atom is -0.461 e. The predicted octanol–water partition coefficient (Wildman–Crippen LogP) is 2.50. The minimum absolute atomic E-state index is 0.0336. The van der Waals surface area contributed by atoms with Crippen LogP contribution in [0.4, 0.5) is 4.39 Å². The van der Waals surface area contributed by atoms with E-state index in [-0.39, 0.29) is 24.1 Å². The molecule has 3 atom stereocenters. The van der Waals surface area contributed by atoms with E-state index in [0.29, 0.717) is 41.7 Å². The Labute approximate surface area is 181 Å². The first-order valence-electron chi connectivity index (χ1n) is 10.2. The molecular formula is C21H21FN6O4. The lowest BCUT2D eigenvalue weighted by atomic mass is 10.00. The van der Waals surface area contributed by atoms with E-state index in [9.17, 15) is 9.18 Å². The van der Waals surface area contributed by atoms with Gasteiger partial charge in [0.25, 0.3) is 5.56 Å². The molecular weight excluding hydrogens is 419 g/mol. The van der Waals surface area contributed by atoms with Gasteiger partial charge in [0.15, 0.2) is 17.0 Å². The lowest BCUT2D eigenvalue weighted by Gasteiger charge is -2.11. The molecule has 10 nitrogen and oxygen atoms in total. The molecule has 166 valence electrons. The van der Waals surface area contributed by atoms with Crippen molar-refractivity contribution in [1.82, 2.24) is 29.2 Å². The second-order valence-electron chi connectivity index (χ2n) is 7.74. The zero-order valence-corrected chi connectivity index (χ0v) is 17.5. The molecule has 0 spiro atoms. The van der Waals surface area contributed by atoms with Gasteiger partial charge in [-0.3, -0.25) is 9.36 Å². The quantitative estimate of drug-likeness (QED) is 0.450. The van der Waals surface area contributed by atoms with Gasteiger partial charge in [0.05, 0.1) is 19.0 Å². The van der Waals surface area contributed by atoms with Crippen molar-refractivity contribution in [3.05, 3.63) is 64.6 Å². The first kappa shape index (κ1) is 20.3. The smallest absolute Gasteiger partial charge is 0.280 e. The zero-order valence-electron chi connectivity index (χ0n) is 17.5. The van der Waals surface area contributed by atoms with Gasteiger partial charge < -0.3 is 18.6 Å². The van der Waals surface area contributed by atoms with Gasteiger partial charge in [0.1, 0.15) is 18.6 Å². The van der Waals surface area contributed by atoms with E-state index in [2.05, 4.69) is 20.1 Å². The third kappa shape index (κ3) is 3.86. The number of alkyl halides is 1. The molecule has 1 aliphatic heterocycles. The zero-order chi connectivity index (χ0) is 22.2. The number of hydrogen-bond donors (Lipinski definition) is 0. The van der Waals surface area contributed by atoms with Crippen molar-refractivity contribution in [2.24, 2.45) is 7.05 Å². The van der Waals surface area contributed by atoms with Crippen LogP contribution in [0.15, 0.2) is 46.2 Å². The van der Waals surface area contributed by atoms with Crippen molar-refractivity contribution < 1.29 is 18.4 Å². The van der Waals surface area contributed by atoms with E-state index in [1.807, 2.05) is 12.1 Å². The van der Waals surface area contributed by atoms with Gasteiger partial charge in [-0.1, -0.05) is 17.3 Å². The molecule has 0 amide bonds. The topological polar surface area (TPSA) is 110 Å². The SMILES string of the molecule is CC(F)Oc1ccc([C@H]2C[C@H](c3noc(Cn4cnc5ncn(C)c5c4=O)n3)CO2)cc1. The maximum atomic E-state index is 13.0. The average Bonchev–Trinajstić information content (AvgIpc) is 3.50. The molecule has 0 aliphatic carbocycles. The molecule has 4 aromatic rings. The van der Waals surface area contributed by atoms with Gasteiger partial charge in [-0.25, -0.2) is 14.4 Å². The van der Waals surface area contributed by atoms with E-state index < -0.39 is 6.36 Å². The Balaban J connectivity index is 1.27. The molecule has 1 aromatic carbocycles. The van der Waals surface area contributed by atoms with Crippen molar-refractivity contribution in [1.29, 1.82) is 0 Å². The molecule has 0 radical (unpaired) electrons. The molecule has 5 rings (SSSR count). The van der Waals surface area contributed by atoms with Gasteiger partial charge in [0.2, 0.25) is 12.2 Å². The fraction of sp³-hybridized carbons (Fsp3) is 0.381. The van der Waals surface area contributed by atoms with Gasteiger partial charge in [0, 0.05) is 19.9 Å². The number of halogens is 1. The summed E-state index contributed by atoms with van der Waals surface area (Å²) in [7, 11) is 1.74. The molecule has 32 heavy (non-hydrogen) atoms. The highest BCUT2D eigenvalue weighted by molar-refractivity contribution is 5.68. The van der Waals surface area contributed by atoms with Crippen LogP contribution in [0.1, 0.15) is 42.6 Å². The first-order valence-corrected chi connectivity index (χ1v) is 10.2. The summed E-state index contributed by atoms with van der Waals surface area (Å²) >= 11 is 0. The van der Waals surface area contributed by atoms with E-state index >= 15 is 0 Å². The van der Waals surface area contributed by atoms with E-state index in [1.165, 1.54) is 17.8 Å². The highest BCUT2D eigenvalue weighted by Crippen LogP contribution is 2.37. The second-order valence-corrected chi connectivity index (χ2v) is 7.74. The number of nitrogens with zero attached hydrogens (tertiary/aromatic N) is 6. The number of hydrogen-bond acceptors (Lipinski definition) is 8. The Morgan fingerprint density at radius 2 is 2.03 bits per heavy atom. The fourth-order valence-electron chi connectivity index (χ4n) is 3.82. The molecule has 0 saturated carbocycles. The lowest BCUT2D eigenvalue weighted by molar-refractivity contribution is 0.0857. The van der Waals surface area contributed by atoms with Crippen LogP contribution in [0.5, 0.6) is 5.75 Å². The van der Waals surface area contributed by atoms with Gasteiger partial charge in [-0.15, -0.1) is 0 Å². The molecule has 4 heterocycles. The Morgan fingerprint density at radius 1 is 1.25 bits per heavy atom. The lowest BCUT2D eigenvalue weighted by Crippen LogP contribution is -2.22. The molecule has 11 heteroatoms. The summed E-state index contributed by atoms with van der Waals surface area (Å²) in [5.41, 5.74) is 1.55. The monoisotopic (exact) mass is 440 g/mol. The third-order valence-electron chi connectivity index (χ3n) is 5.40. The Bertz CT molecular complexity index is 1300.